The first-order valence-electron chi connectivity index (χ1n) is 8.00. The molecule has 0 aliphatic rings. The van der Waals surface area contributed by atoms with Gasteiger partial charge in [-0.1, -0.05) is 29.8 Å². The second-order valence-corrected chi connectivity index (χ2v) is 6.67. The average molecular weight is 364 g/mol. The summed E-state index contributed by atoms with van der Waals surface area (Å²) in [5.41, 5.74) is 2.90. The number of carbonyl (C=O) groups excluding carboxylic acids is 1. The van der Waals surface area contributed by atoms with Gasteiger partial charge in [0.25, 0.3) is 0 Å². The molecule has 0 unspecified atom stereocenters. The van der Waals surface area contributed by atoms with Crippen molar-refractivity contribution in [3.8, 4) is 0 Å². The Morgan fingerprint density at radius 1 is 1.16 bits per heavy atom. The van der Waals surface area contributed by atoms with Crippen LogP contribution in [0.15, 0.2) is 42.5 Å². The number of nitrogens with zero attached hydrogens (tertiary/aromatic N) is 2. The number of amides is 2. The van der Waals surface area contributed by atoms with E-state index in [1.54, 1.807) is 18.0 Å². The Kier molecular flexibility index (Phi) is 6.26. The van der Waals surface area contributed by atoms with Crippen LogP contribution in [0.3, 0.4) is 0 Å². The van der Waals surface area contributed by atoms with E-state index in [-0.39, 0.29) is 17.1 Å². The van der Waals surface area contributed by atoms with Gasteiger partial charge in [0.1, 0.15) is 5.82 Å². The van der Waals surface area contributed by atoms with E-state index in [0.29, 0.717) is 6.54 Å². The van der Waals surface area contributed by atoms with Crippen LogP contribution in [-0.4, -0.2) is 32.1 Å². The molecule has 0 aromatic heterocycles. The summed E-state index contributed by atoms with van der Waals surface area (Å²) in [6, 6.07) is 12.0. The highest BCUT2D eigenvalue weighted by Gasteiger charge is 2.15. The molecule has 0 heterocycles. The van der Waals surface area contributed by atoms with Crippen LogP contribution in [0.5, 0.6) is 0 Å². The minimum Gasteiger partial charge on any atom is -0.378 e. The summed E-state index contributed by atoms with van der Waals surface area (Å²) in [6.07, 6.45) is 0. The van der Waals surface area contributed by atoms with Gasteiger partial charge in [-0.2, -0.15) is 0 Å². The first-order valence-corrected chi connectivity index (χ1v) is 8.38. The predicted molar refractivity (Wildman–Crippen MR) is 101 cm³/mol. The van der Waals surface area contributed by atoms with Crippen molar-refractivity contribution in [2.75, 3.05) is 26.0 Å². The largest absolute Gasteiger partial charge is 0.378 e. The summed E-state index contributed by atoms with van der Waals surface area (Å²) >= 11 is 5.80. The van der Waals surface area contributed by atoms with E-state index >= 15 is 0 Å². The van der Waals surface area contributed by atoms with E-state index in [9.17, 15) is 9.18 Å². The lowest BCUT2D eigenvalue weighted by molar-refractivity contribution is 0.203. The van der Waals surface area contributed by atoms with Gasteiger partial charge in [0.05, 0.1) is 11.1 Å². The van der Waals surface area contributed by atoms with Crippen LogP contribution in [0.2, 0.25) is 5.02 Å². The quantitative estimate of drug-likeness (QED) is 0.852. The molecule has 134 valence electrons. The SMILES string of the molecule is C[C@@H](NC(=O)N(C)Cc1ccc(N(C)C)cc1)c1ccc(F)c(Cl)c1. The van der Waals surface area contributed by atoms with E-state index in [4.69, 9.17) is 11.6 Å². The molecule has 6 heteroatoms. The Bertz CT molecular complexity index is 734. The van der Waals surface area contributed by atoms with Gasteiger partial charge in [0, 0.05) is 33.4 Å². The molecule has 0 aliphatic heterocycles. The normalized spacial score (nSPS) is 11.8. The maximum Gasteiger partial charge on any atom is 0.317 e. The van der Waals surface area contributed by atoms with Crippen LogP contribution in [0, 0.1) is 5.82 Å². The number of hydrogen-bond acceptors (Lipinski definition) is 2. The molecule has 1 atom stereocenters. The fourth-order valence-electron chi connectivity index (χ4n) is 2.41. The van der Waals surface area contributed by atoms with Gasteiger partial charge >= 0.3 is 6.03 Å². The molecule has 4 nitrogen and oxygen atoms in total. The molecule has 0 aliphatic carbocycles. The van der Waals surface area contributed by atoms with Gasteiger partial charge in [-0.15, -0.1) is 0 Å². The van der Waals surface area contributed by atoms with Crippen molar-refractivity contribution in [3.63, 3.8) is 0 Å². The summed E-state index contributed by atoms with van der Waals surface area (Å²) in [4.78, 5) is 16.0. The second-order valence-electron chi connectivity index (χ2n) is 6.26. The minimum absolute atomic E-state index is 0.0490. The third kappa shape index (κ3) is 5.10. The summed E-state index contributed by atoms with van der Waals surface area (Å²) in [6.45, 7) is 2.33. The van der Waals surface area contributed by atoms with E-state index in [1.165, 1.54) is 12.1 Å². The fourth-order valence-corrected chi connectivity index (χ4v) is 2.59. The van der Waals surface area contributed by atoms with Crippen molar-refractivity contribution in [1.29, 1.82) is 0 Å². The number of rotatable bonds is 5. The Morgan fingerprint density at radius 2 is 1.80 bits per heavy atom. The highest BCUT2D eigenvalue weighted by Crippen LogP contribution is 2.21. The first kappa shape index (κ1) is 19.1. The molecule has 0 saturated carbocycles. The molecule has 0 spiro atoms. The zero-order valence-corrected chi connectivity index (χ0v) is 15.6. The molecule has 2 aromatic carbocycles. The Hall–Kier alpha value is -2.27. The maximum absolute atomic E-state index is 13.2. The number of urea groups is 1. The van der Waals surface area contributed by atoms with E-state index < -0.39 is 5.82 Å². The monoisotopic (exact) mass is 363 g/mol. The molecule has 0 saturated heterocycles. The molecule has 25 heavy (non-hydrogen) atoms. The Morgan fingerprint density at radius 3 is 2.36 bits per heavy atom. The van der Waals surface area contributed by atoms with E-state index in [0.717, 1.165) is 16.8 Å². The molecule has 2 amide bonds. The van der Waals surface area contributed by atoms with Gasteiger partial charge < -0.3 is 15.1 Å². The molecule has 2 aromatic rings. The van der Waals surface area contributed by atoms with Crippen molar-refractivity contribution in [2.24, 2.45) is 0 Å². The third-order valence-electron chi connectivity index (χ3n) is 4.00. The van der Waals surface area contributed by atoms with Crippen molar-refractivity contribution < 1.29 is 9.18 Å². The number of carbonyl (C=O) groups is 1. The predicted octanol–water partition coefficient (Wildman–Crippen LogP) is 4.45. The molecule has 0 bridgehead atoms. The van der Waals surface area contributed by atoms with Crippen molar-refractivity contribution >= 4 is 23.3 Å². The van der Waals surface area contributed by atoms with Gasteiger partial charge in [-0.3, -0.25) is 0 Å². The van der Waals surface area contributed by atoms with E-state index in [2.05, 4.69) is 5.32 Å². The lowest BCUT2D eigenvalue weighted by atomic mass is 10.1. The molecule has 1 N–H and O–H groups in total. The summed E-state index contributed by atoms with van der Waals surface area (Å²) in [5, 5.41) is 2.94. The van der Waals surface area contributed by atoms with Crippen LogP contribution >= 0.6 is 11.6 Å². The number of nitrogens with one attached hydrogen (secondary N) is 1. The van der Waals surface area contributed by atoms with Crippen LogP contribution < -0.4 is 10.2 Å². The van der Waals surface area contributed by atoms with Crippen LogP contribution in [-0.2, 0) is 6.54 Å². The molecule has 0 radical (unpaired) electrons. The number of hydrogen-bond donors (Lipinski definition) is 1. The fraction of sp³-hybridized carbons (Fsp3) is 0.316. The molecule has 0 fully saturated rings. The van der Waals surface area contributed by atoms with Crippen LogP contribution in [0.4, 0.5) is 14.9 Å². The molecular weight excluding hydrogens is 341 g/mol. The van der Waals surface area contributed by atoms with Crippen molar-refractivity contribution in [2.45, 2.75) is 19.5 Å². The van der Waals surface area contributed by atoms with Gasteiger partial charge in [-0.05, 0) is 42.3 Å². The second kappa shape index (κ2) is 8.21. The zero-order valence-electron chi connectivity index (χ0n) is 14.9. The Balaban J connectivity index is 1.96. The summed E-state index contributed by atoms with van der Waals surface area (Å²) in [7, 11) is 5.70. The van der Waals surface area contributed by atoms with Crippen LogP contribution in [0.25, 0.3) is 0 Å². The molecule has 2 rings (SSSR count). The van der Waals surface area contributed by atoms with Crippen LogP contribution in [0.1, 0.15) is 24.1 Å². The number of benzene rings is 2. The maximum atomic E-state index is 13.2. The highest BCUT2D eigenvalue weighted by molar-refractivity contribution is 6.30. The van der Waals surface area contributed by atoms with Gasteiger partial charge in [0.2, 0.25) is 0 Å². The van der Waals surface area contributed by atoms with Crippen molar-refractivity contribution in [3.05, 3.63) is 64.4 Å². The average Bonchev–Trinajstić information content (AvgIpc) is 2.57. The smallest absolute Gasteiger partial charge is 0.317 e. The highest BCUT2D eigenvalue weighted by atomic mass is 35.5. The number of halogens is 2. The standard InChI is InChI=1S/C19H23ClFN3O/c1-13(15-7-10-18(21)17(20)11-15)22-19(25)24(4)12-14-5-8-16(9-6-14)23(2)3/h5-11,13H,12H2,1-4H3,(H,22,25)/t13-/m1/s1. The lowest BCUT2D eigenvalue weighted by Gasteiger charge is -2.22. The third-order valence-corrected chi connectivity index (χ3v) is 4.29. The summed E-state index contributed by atoms with van der Waals surface area (Å²) < 4.78 is 13.2. The summed E-state index contributed by atoms with van der Waals surface area (Å²) in [5.74, 6) is -0.470. The topological polar surface area (TPSA) is 35.6 Å². The van der Waals surface area contributed by atoms with Gasteiger partial charge in [0.15, 0.2) is 0 Å². The number of anilines is 1. The first-order chi connectivity index (χ1) is 11.8. The van der Waals surface area contributed by atoms with Crippen molar-refractivity contribution in [1.82, 2.24) is 10.2 Å². The molecular formula is C19H23ClFN3O. The van der Waals surface area contributed by atoms with E-state index in [1.807, 2.05) is 50.2 Å². The zero-order chi connectivity index (χ0) is 18.6. The van der Waals surface area contributed by atoms with Gasteiger partial charge in [-0.25, -0.2) is 9.18 Å². The lowest BCUT2D eigenvalue weighted by Crippen LogP contribution is -2.38. The minimum atomic E-state index is -0.470. The Labute approximate surface area is 153 Å².